The molecule has 1 nitrogen and oxygen atoms in total. The standard InChI is InChI=1S/C9H11N/c10-6-5-9-7-3-1-2-4-8(7)9/h1-4,9H,5-6,10H2. The normalized spacial score (nSPS) is 14.9. The summed E-state index contributed by atoms with van der Waals surface area (Å²) in [7, 11) is 0. The molecule has 52 valence electrons. The first-order valence-corrected chi connectivity index (χ1v) is 3.72. The Morgan fingerprint density at radius 3 is 2.30 bits per heavy atom. The molecule has 1 heteroatoms. The van der Waals surface area contributed by atoms with Crippen molar-refractivity contribution >= 4 is 0 Å². The van der Waals surface area contributed by atoms with Crippen molar-refractivity contribution in [1.29, 1.82) is 0 Å². The number of benzene rings is 1. The van der Waals surface area contributed by atoms with E-state index in [9.17, 15) is 0 Å². The van der Waals surface area contributed by atoms with Gasteiger partial charge in [-0.2, -0.15) is 0 Å². The fourth-order valence-electron chi connectivity index (χ4n) is 1.53. The predicted octanol–water partition coefficient (Wildman–Crippen LogP) is 1.48. The topological polar surface area (TPSA) is 26.0 Å². The van der Waals surface area contributed by atoms with Crippen LogP contribution in [0.1, 0.15) is 23.5 Å². The molecule has 1 aromatic carbocycles. The molecule has 0 atom stereocenters. The van der Waals surface area contributed by atoms with Crippen LogP contribution in [0.3, 0.4) is 0 Å². The van der Waals surface area contributed by atoms with Crippen molar-refractivity contribution in [1.82, 2.24) is 0 Å². The Hall–Kier alpha value is -0.820. The van der Waals surface area contributed by atoms with E-state index in [1.165, 1.54) is 11.1 Å². The molecule has 0 saturated heterocycles. The molecule has 0 amide bonds. The number of fused-ring (bicyclic) bond motifs is 1. The van der Waals surface area contributed by atoms with Crippen molar-refractivity contribution < 1.29 is 0 Å². The summed E-state index contributed by atoms with van der Waals surface area (Å²) in [6, 6.07) is 8.57. The van der Waals surface area contributed by atoms with Gasteiger partial charge in [-0.1, -0.05) is 24.3 Å². The lowest BCUT2D eigenvalue weighted by Crippen LogP contribution is -1.98. The van der Waals surface area contributed by atoms with Gasteiger partial charge in [-0.05, 0) is 24.1 Å². The molecule has 10 heavy (non-hydrogen) atoms. The number of hydrogen-bond donors (Lipinski definition) is 1. The predicted molar refractivity (Wildman–Crippen MR) is 42.0 cm³/mol. The van der Waals surface area contributed by atoms with Crippen LogP contribution in [0.5, 0.6) is 0 Å². The number of hydrogen-bond acceptors (Lipinski definition) is 1. The lowest BCUT2D eigenvalue weighted by atomic mass is 10.2. The van der Waals surface area contributed by atoms with Crippen LogP contribution in [0.2, 0.25) is 0 Å². The molecule has 0 saturated carbocycles. The van der Waals surface area contributed by atoms with Crippen LogP contribution in [0, 0.1) is 0 Å². The van der Waals surface area contributed by atoms with E-state index in [1.807, 2.05) is 0 Å². The third-order valence-corrected chi connectivity index (χ3v) is 2.12. The van der Waals surface area contributed by atoms with Gasteiger partial charge >= 0.3 is 0 Å². The van der Waals surface area contributed by atoms with Crippen molar-refractivity contribution in [2.24, 2.45) is 5.73 Å². The summed E-state index contributed by atoms with van der Waals surface area (Å²) >= 11 is 0. The van der Waals surface area contributed by atoms with Gasteiger partial charge in [-0.25, -0.2) is 0 Å². The van der Waals surface area contributed by atoms with E-state index in [1.54, 1.807) is 0 Å². The van der Waals surface area contributed by atoms with E-state index in [0.29, 0.717) is 5.92 Å². The first-order valence-electron chi connectivity index (χ1n) is 3.72. The zero-order chi connectivity index (χ0) is 6.97. The SMILES string of the molecule is NCCC1c2ccccc21. The van der Waals surface area contributed by atoms with Crippen LogP contribution >= 0.6 is 0 Å². The van der Waals surface area contributed by atoms with Gasteiger partial charge in [0.2, 0.25) is 0 Å². The van der Waals surface area contributed by atoms with Gasteiger partial charge in [0.15, 0.2) is 0 Å². The van der Waals surface area contributed by atoms with Crippen LogP contribution in [0.15, 0.2) is 24.3 Å². The van der Waals surface area contributed by atoms with E-state index in [2.05, 4.69) is 24.3 Å². The average Bonchev–Trinajstić information content (AvgIpc) is 2.66. The fourth-order valence-corrected chi connectivity index (χ4v) is 1.53. The molecule has 2 N–H and O–H groups in total. The van der Waals surface area contributed by atoms with E-state index >= 15 is 0 Å². The monoisotopic (exact) mass is 133 g/mol. The minimum atomic E-state index is 0.708. The van der Waals surface area contributed by atoms with Crippen LogP contribution in [0.4, 0.5) is 0 Å². The summed E-state index contributed by atoms with van der Waals surface area (Å²) in [5.74, 6) is 0.708. The minimum Gasteiger partial charge on any atom is -0.330 e. The molecular formula is C9H11N. The van der Waals surface area contributed by atoms with Gasteiger partial charge in [0.05, 0.1) is 0 Å². The fraction of sp³-hybridized carbons (Fsp3) is 0.333. The van der Waals surface area contributed by atoms with Crippen LogP contribution in [-0.2, 0) is 0 Å². The van der Waals surface area contributed by atoms with Crippen LogP contribution in [0.25, 0.3) is 0 Å². The Balaban J connectivity index is 2.14. The molecule has 0 fully saturated rings. The largest absolute Gasteiger partial charge is 0.330 e. The molecule has 1 aliphatic carbocycles. The van der Waals surface area contributed by atoms with Crippen LogP contribution < -0.4 is 5.73 Å². The van der Waals surface area contributed by atoms with Crippen molar-refractivity contribution in [2.45, 2.75) is 12.3 Å². The van der Waals surface area contributed by atoms with Gasteiger partial charge in [-0.3, -0.25) is 0 Å². The molecule has 1 aliphatic rings. The third-order valence-electron chi connectivity index (χ3n) is 2.12. The summed E-state index contributed by atoms with van der Waals surface area (Å²) in [6.07, 6.45) is 1.12. The second-order valence-corrected chi connectivity index (χ2v) is 2.76. The maximum atomic E-state index is 5.45. The van der Waals surface area contributed by atoms with Gasteiger partial charge in [0.1, 0.15) is 0 Å². The summed E-state index contributed by atoms with van der Waals surface area (Å²) < 4.78 is 0. The zero-order valence-corrected chi connectivity index (χ0v) is 5.88. The highest BCUT2D eigenvalue weighted by Crippen LogP contribution is 2.44. The lowest BCUT2D eigenvalue weighted by Gasteiger charge is -1.87. The Morgan fingerprint density at radius 2 is 1.80 bits per heavy atom. The first-order chi connectivity index (χ1) is 4.93. The van der Waals surface area contributed by atoms with Gasteiger partial charge in [-0.15, -0.1) is 0 Å². The molecule has 0 aliphatic heterocycles. The molecule has 0 radical (unpaired) electrons. The summed E-state index contributed by atoms with van der Waals surface area (Å²) in [5, 5.41) is 0. The van der Waals surface area contributed by atoms with Gasteiger partial charge < -0.3 is 5.73 Å². The van der Waals surface area contributed by atoms with Gasteiger partial charge in [0.25, 0.3) is 0 Å². The maximum absolute atomic E-state index is 5.45. The third kappa shape index (κ3) is 0.745. The first kappa shape index (κ1) is 5.93. The highest BCUT2D eigenvalue weighted by molar-refractivity contribution is 5.51. The molecule has 1 aromatic rings. The van der Waals surface area contributed by atoms with Gasteiger partial charge in [0, 0.05) is 5.92 Å². The van der Waals surface area contributed by atoms with Crippen molar-refractivity contribution in [2.75, 3.05) is 6.54 Å². The summed E-state index contributed by atoms with van der Waals surface area (Å²) in [4.78, 5) is 0. The Bertz CT molecular complexity index is 219. The van der Waals surface area contributed by atoms with Crippen molar-refractivity contribution in [3.8, 4) is 0 Å². The van der Waals surface area contributed by atoms with E-state index in [4.69, 9.17) is 5.73 Å². The highest BCUT2D eigenvalue weighted by Gasteiger charge is 2.29. The lowest BCUT2D eigenvalue weighted by molar-refractivity contribution is 0.821. The highest BCUT2D eigenvalue weighted by atomic mass is 14.5. The zero-order valence-electron chi connectivity index (χ0n) is 5.88. The molecule has 0 spiro atoms. The molecule has 0 heterocycles. The average molecular weight is 133 g/mol. The van der Waals surface area contributed by atoms with E-state index in [0.717, 1.165) is 13.0 Å². The Labute approximate surface area is 60.9 Å². The molecule has 0 aromatic heterocycles. The van der Waals surface area contributed by atoms with Crippen molar-refractivity contribution in [3.63, 3.8) is 0 Å². The summed E-state index contributed by atoms with van der Waals surface area (Å²) in [6.45, 7) is 0.805. The Morgan fingerprint density at radius 1 is 1.20 bits per heavy atom. The molecular weight excluding hydrogens is 122 g/mol. The quantitative estimate of drug-likeness (QED) is 0.649. The van der Waals surface area contributed by atoms with Crippen LogP contribution in [-0.4, -0.2) is 6.54 Å². The molecule has 0 unspecified atom stereocenters. The number of nitrogens with two attached hydrogens (primary N) is 1. The minimum absolute atomic E-state index is 0.708. The second kappa shape index (κ2) is 2.10. The molecule has 2 rings (SSSR count). The van der Waals surface area contributed by atoms with E-state index in [-0.39, 0.29) is 0 Å². The molecule has 0 bridgehead atoms. The smallest absolute Gasteiger partial charge is 0.0107 e. The van der Waals surface area contributed by atoms with Crippen molar-refractivity contribution in [3.05, 3.63) is 35.4 Å². The Kier molecular flexibility index (Phi) is 1.24. The maximum Gasteiger partial charge on any atom is 0.0107 e. The number of rotatable bonds is 2. The summed E-state index contributed by atoms with van der Waals surface area (Å²) in [5.41, 5.74) is 8.46. The van der Waals surface area contributed by atoms with E-state index < -0.39 is 0 Å². The second-order valence-electron chi connectivity index (χ2n) is 2.76.